The molecule has 0 aromatic heterocycles. The van der Waals surface area contributed by atoms with Crippen LogP contribution in [-0.2, 0) is 19.4 Å². The summed E-state index contributed by atoms with van der Waals surface area (Å²) in [6.07, 6.45) is 1.95. The Kier molecular flexibility index (Phi) is 7.76. The summed E-state index contributed by atoms with van der Waals surface area (Å²) < 4.78 is 11.5. The van der Waals surface area contributed by atoms with Gasteiger partial charge in [-0.25, -0.2) is 0 Å². The van der Waals surface area contributed by atoms with Crippen LogP contribution in [0.5, 0.6) is 11.5 Å². The number of para-hydroxylation sites is 1. The molecule has 0 spiro atoms. The topological polar surface area (TPSA) is 58.1 Å². The van der Waals surface area contributed by atoms with E-state index in [9.17, 15) is 0 Å². The van der Waals surface area contributed by atoms with Gasteiger partial charge in [0.25, 0.3) is 0 Å². The number of benzene rings is 2. The van der Waals surface area contributed by atoms with Crippen LogP contribution in [0.25, 0.3) is 0 Å². The number of guanidine groups is 1. The standard InChI is InChI=1S/C23H32N4O2/c1-24-23(25-12-10-18-8-9-22-19(16-18)11-14-28-22)26-17-20-6-4-5-7-21(20)29-15-13-27(2)3/h4-9,16H,10-15,17H2,1-3H3,(H2,24,25,26). The van der Waals surface area contributed by atoms with Gasteiger partial charge in [-0.15, -0.1) is 0 Å². The maximum Gasteiger partial charge on any atom is 0.191 e. The Morgan fingerprint density at radius 2 is 2.03 bits per heavy atom. The van der Waals surface area contributed by atoms with Crippen LogP contribution < -0.4 is 20.1 Å². The summed E-state index contributed by atoms with van der Waals surface area (Å²) in [4.78, 5) is 6.45. The minimum atomic E-state index is 0.661. The van der Waals surface area contributed by atoms with E-state index < -0.39 is 0 Å². The minimum absolute atomic E-state index is 0.661. The van der Waals surface area contributed by atoms with E-state index >= 15 is 0 Å². The summed E-state index contributed by atoms with van der Waals surface area (Å²) in [6.45, 7) is 3.84. The SMILES string of the molecule is CN=C(NCCc1ccc2c(c1)CCO2)NCc1ccccc1OCCN(C)C. The molecular weight excluding hydrogens is 364 g/mol. The van der Waals surface area contributed by atoms with Gasteiger partial charge >= 0.3 is 0 Å². The summed E-state index contributed by atoms with van der Waals surface area (Å²) in [5, 5.41) is 6.78. The molecule has 1 aliphatic rings. The van der Waals surface area contributed by atoms with Crippen LogP contribution in [0.3, 0.4) is 0 Å². The Morgan fingerprint density at radius 1 is 1.17 bits per heavy atom. The van der Waals surface area contributed by atoms with Crippen LogP contribution in [0.1, 0.15) is 16.7 Å². The molecule has 0 saturated heterocycles. The van der Waals surface area contributed by atoms with Crippen molar-refractivity contribution in [2.75, 3.05) is 47.4 Å². The summed E-state index contributed by atoms with van der Waals surface area (Å²) in [6, 6.07) is 14.6. The molecule has 29 heavy (non-hydrogen) atoms. The van der Waals surface area contributed by atoms with Gasteiger partial charge in [-0.05, 0) is 43.8 Å². The van der Waals surface area contributed by atoms with Gasteiger partial charge in [0.1, 0.15) is 18.1 Å². The Hall–Kier alpha value is -2.73. The van der Waals surface area contributed by atoms with Crippen molar-refractivity contribution in [2.45, 2.75) is 19.4 Å². The molecule has 0 fully saturated rings. The van der Waals surface area contributed by atoms with E-state index in [0.717, 1.165) is 55.6 Å². The number of likely N-dealkylation sites (N-methyl/N-ethyl adjacent to an activating group) is 1. The molecule has 3 rings (SSSR count). The molecule has 2 N–H and O–H groups in total. The number of nitrogens with zero attached hydrogens (tertiary/aromatic N) is 2. The lowest BCUT2D eigenvalue weighted by molar-refractivity contribution is 0.259. The van der Waals surface area contributed by atoms with E-state index in [0.29, 0.717) is 13.2 Å². The first-order valence-corrected chi connectivity index (χ1v) is 10.2. The first-order valence-electron chi connectivity index (χ1n) is 10.2. The summed E-state index contributed by atoms with van der Waals surface area (Å²) >= 11 is 0. The monoisotopic (exact) mass is 396 g/mol. The fraction of sp³-hybridized carbons (Fsp3) is 0.435. The number of rotatable bonds is 9. The van der Waals surface area contributed by atoms with Gasteiger partial charge in [-0.1, -0.05) is 30.3 Å². The second-order valence-corrected chi connectivity index (χ2v) is 7.40. The van der Waals surface area contributed by atoms with Gasteiger partial charge in [0, 0.05) is 38.7 Å². The molecule has 2 aromatic carbocycles. The molecule has 0 amide bonds. The van der Waals surface area contributed by atoms with Crippen molar-refractivity contribution in [1.82, 2.24) is 15.5 Å². The number of ether oxygens (including phenoxy) is 2. The Labute approximate surface area is 173 Å². The molecule has 0 aliphatic carbocycles. The molecule has 1 heterocycles. The van der Waals surface area contributed by atoms with Crippen molar-refractivity contribution in [3.05, 3.63) is 59.2 Å². The number of hydrogen-bond acceptors (Lipinski definition) is 4. The van der Waals surface area contributed by atoms with Crippen LogP contribution >= 0.6 is 0 Å². The van der Waals surface area contributed by atoms with Gasteiger partial charge < -0.3 is 25.0 Å². The van der Waals surface area contributed by atoms with Crippen molar-refractivity contribution in [2.24, 2.45) is 4.99 Å². The number of nitrogens with one attached hydrogen (secondary N) is 2. The minimum Gasteiger partial charge on any atom is -0.493 e. The van der Waals surface area contributed by atoms with E-state index in [1.165, 1.54) is 11.1 Å². The third-order valence-electron chi connectivity index (χ3n) is 4.90. The first kappa shape index (κ1) is 21.0. The highest BCUT2D eigenvalue weighted by molar-refractivity contribution is 5.79. The Balaban J connectivity index is 1.46. The second kappa shape index (κ2) is 10.7. The lowest BCUT2D eigenvalue weighted by Crippen LogP contribution is -2.38. The molecule has 156 valence electrons. The van der Waals surface area contributed by atoms with Crippen LogP contribution in [0.4, 0.5) is 0 Å². The molecule has 6 heteroatoms. The van der Waals surface area contributed by atoms with Crippen LogP contribution in [0, 0.1) is 0 Å². The highest BCUT2D eigenvalue weighted by Crippen LogP contribution is 2.25. The average molecular weight is 397 g/mol. The zero-order valence-corrected chi connectivity index (χ0v) is 17.7. The largest absolute Gasteiger partial charge is 0.493 e. The van der Waals surface area contributed by atoms with Gasteiger partial charge in [-0.3, -0.25) is 4.99 Å². The van der Waals surface area contributed by atoms with Crippen LogP contribution in [0.2, 0.25) is 0 Å². The van der Waals surface area contributed by atoms with E-state index in [2.05, 4.69) is 44.8 Å². The van der Waals surface area contributed by atoms with E-state index in [1.807, 2.05) is 32.3 Å². The fourth-order valence-electron chi connectivity index (χ4n) is 3.25. The van der Waals surface area contributed by atoms with Crippen LogP contribution in [0.15, 0.2) is 47.5 Å². The predicted molar refractivity (Wildman–Crippen MR) is 118 cm³/mol. The first-order chi connectivity index (χ1) is 14.2. The molecule has 0 unspecified atom stereocenters. The van der Waals surface area contributed by atoms with E-state index in [-0.39, 0.29) is 0 Å². The Bertz CT molecular complexity index is 820. The van der Waals surface area contributed by atoms with Crippen LogP contribution in [-0.4, -0.2) is 58.3 Å². The quantitative estimate of drug-likeness (QED) is 0.504. The highest BCUT2D eigenvalue weighted by Gasteiger charge is 2.12. The van der Waals surface area contributed by atoms with E-state index in [1.54, 1.807) is 7.05 Å². The predicted octanol–water partition coefficient (Wildman–Crippen LogP) is 2.47. The van der Waals surface area contributed by atoms with E-state index in [4.69, 9.17) is 9.47 Å². The average Bonchev–Trinajstić information content (AvgIpc) is 3.19. The third kappa shape index (κ3) is 6.39. The van der Waals surface area contributed by atoms with Crippen molar-refractivity contribution in [3.8, 4) is 11.5 Å². The lowest BCUT2D eigenvalue weighted by atomic mass is 10.1. The van der Waals surface area contributed by atoms with Gasteiger partial charge in [0.05, 0.1) is 6.61 Å². The maximum atomic E-state index is 5.94. The Morgan fingerprint density at radius 3 is 2.86 bits per heavy atom. The van der Waals surface area contributed by atoms with Gasteiger partial charge in [0.15, 0.2) is 5.96 Å². The normalized spacial score (nSPS) is 13.2. The molecular formula is C23H32N4O2. The fourth-order valence-corrected chi connectivity index (χ4v) is 3.25. The smallest absolute Gasteiger partial charge is 0.191 e. The summed E-state index contributed by atoms with van der Waals surface area (Å²) in [5.41, 5.74) is 3.75. The molecule has 2 aromatic rings. The summed E-state index contributed by atoms with van der Waals surface area (Å²) in [7, 11) is 5.88. The highest BCUT2D eigenvalue weighted by atomic mass is 16.5. The van der Waals surface area contributed by atoms with Crippen molar-refractivity contribution in [3.63, 3.8) is 0 Å². The maximum absolute atomic E-state index is 5.94. The van der Waals surface area contributed by atoms with Crippen molar-refractivity contribution < 1.29 is 9.47 Å². The summed E-state index contributed by atoms with van der Waals surface area (Å²) in [5.74, 6) is 2.74. The number of fused-ring (bicyclic) bond motifs is 1. The van der Waals surface area contributed by atoms with Gasteiger partial charge in [-0.2, -0.15) is 0 Å². The molecule has 6 nitrogen and oxygen atoms in total. The third-order valence-corrected chi connectivity index (χ3v) is 4.90. The van der Waals surface area contributed by atoms with Crippen molar-refractivity contribution >= 4 is 5.96 Å². The molecule has 0 saturated carbocycles. The van der Waals surface area contributed by atoms with Gasteiger partial charge in [0.2, 0.25) is 0 Å². The zero-order chi connectivity index (χ0) is 20.5. The molecule has 0 radical (unpaired) electrons. The lowest BCUT2D eigenvalue weighted by Gasteiger charge is -2.16. The second-order valence-electron chi connectivity index (χ2n) is 7.40. The molecule has 1 aliphatic heterocycles. The molecule has 0 bridgehead atoms. The van der Waals surface area contributed by atoms with Crippen molar-refractivity contribution in [1.29, 1.82) is 0 Å². The zero-order valence-electron chi connectivity index (χ0n) is 17.7. The number of hydrogen-bond donors (Lipinski definition) is 2. The molecule has 0 atom stereocenters. The number of aliphatic imine (C=N–C) groups is 1.